The maximum absolute atomic E-state index is 13.0. The quantitative estimate of drug-likeness (QED) is 0.549. The van der Waals surface area contributed by atoms with Crippen molar-refractivity contribution in [1.29, 1.82) is 0 Å². The summed E-state index contributed by atoms with van der Waals surface area (Å²) in [6.07, 6.45) is 6.41. The number of halogens is 2. The summed E-state index contributed by atoms with van der Waals surface area (Å²) in [5.41, 5.74) is 1.36. The third kappa shape index (κ3) is 4.86. The molecule has 0 saturated carbocycles. The number of amides is 3. The highest BCUT2D eigenvalue weighted by atomic mass is 79.9. The maximum atomic E-state index is 13.0. The Labute approximate surface area is 199 Å². The molecule has 3 amide bonds. The third-order valence-electron chi connectivity index (χ3n) is 6.20. The molecule has 0 bridgehead atoms. The summed E-state index contributed by atoms with van der Waals surface area (Å²) in [5.74, 6) is 0.0461. The van der Waals surface area contributed by atoms with E-state index in [4.69, 9.17) is 11.6 Å². The van der Waals surface area contributed by atoms with E-state index in [0.29, 0.717) is 42.5 Å². The van der Waals surface area contributed by atoms with E-state index in [9.17, 15) is 9.59 Å². The predicted octanol–water partition coefficient (Wildman–Crippen LogP) is 5.38. The average Bonchev–Trinajstić information content (AvgIpc) is 3.19. The van der Waals surface area contributed by atoms with E-state index in [1.807, 2.05) is 34.3 Å². The molecule has 164 valence electrons. The Kier molecular flexibility index (Phi) is 6.79. The monoisotopic (exact) mass is 522 g/mol. The van der Waals surface area contributed by atoms with Gasteiger partial charge in [0.1, 0.15) is 5.03 Å². The van der Waals surface area contributed by atoms with Crippen molar-refractivity contribution in [3.05, 3.63) is 51.6 Å². The van der Waals surface area contributed by atoms with E-state index in [1.165, 1.54) is 11.8 Å². The number of piperidine rings is 1. The number of rotatable bonds is 3. The van der Waals surface area contributed by atoms with Crippen LogP contribution < -0.4 is 5.32 Å². The van der Waals surface area contributed by atoms with Gasteiger partial charge in [-0.2, -0.15) is 0 Å². The first-order valence-corrected chi connectivity index (χ1v) is 12.6. The van der Waals surface area contributed by atoms with Crippen LogP contribution in [-0.2, 0) is 0 Å². The molecule has 0 radical (unpaired) electrons. The lowest BCUT2D eigenvalue weighted by molar-refractivity contribution is 0.0590. The van der Waals surface area contributed by atoms with Gasteiger partial charge in [-0.15, -0.1) is 11.8 Å². The fourth-order valence-corrected chi connectivity index (χ4v) is 5.63. The van der Waals surface area contributed by atoms with Crippen molar-refractivity contribution in [3.8, 4) is 0 Å². The minimum Gasteiger partial charge on any atom is -0.339 e. The Morgan fingerprint density at radius 3 is 2.55 bits per heavy atom. The van der Waals surface area contributed by atoms with Crippen molar-refractivity contribution < 1.29 is 9.59 Å². The lowest BCUT2D eigenvalue weighted by Crippen LogP contribution is -2.45. The molecule has 9 heteroatoms. The first kappa shape index (κ1) is 22.4. The van der Waals surface area contributed by atoms with Crippen molar-refractivity contribution >= 4 is 56.9 Å². The lowest BCUT2D eigenvalue weighted by atomic mass is 9.77. The molecule has 1 aromatic heterocycles. The number of anilines is 1. The molecular weight excluding hydrogens is 500 g/mol. The molecule has 4 rings (SSSR count). The Bertz CT molecular complexity index is 997. The Morgan fingerprint density at radius 2 is 1.87 bits per heavy atom. The van der Waals surface area contributed by atoms with Crippen LogP contribution in [0.4, 0.5) is 10.5 Å². The second kappa shape index (κ2) is 9.38. The summed E-state index contributed by atoms with van der Waals surface area (Å²) in [5, 5.41) is 4.19. The van der Waals surface area contributed by atoms with Gasteiger partial charge in [0, 0.05) is 36.8 Å². The van der Waals surface area contributed by atoms with Crippen molar-refractivity contribution in [3.63, 3.8) is 0 Å². The van der Waals surface area contributed by atoms with Gasteiger partial charge >= 0.3 is 6.03 Å². The van der Waals surface area contributed by atoms with Gasteiger partial charge in [0.15, 0.2) is 0 Å². The zero-order valence-corrected chi connectivity index (χ0v) is 20.4. The third-order valence-corrected chi connectivity index (χ3v) is 7.72. The standard InChI is InChI=1S/C22H24BrClN4O2S/c1-31-19-16(3-2-9-25-19)20(29)27-10-6-22(7-11-27)8-12-28(14-22)21(30)26-18-5-4-15(23)13-17(18)24/h2-5,9,13H,6-8,10-12,14H2,1H3,(H,26,30). The number of carbonyl (C=O) groups excluding carboxylic acids is 2. The van der Waals surface area contributed by atoms with E-state index in [0.717, 1.165) is 28.8 Å². The molecule has 2 saturated heterocycles. The van der Waals surface area contributed by atoms with Gasteiger partial charge in [0.05, 0.1) is 16.3 Å². The molecule has 2 aliphatic heterocycles. The molecule has 1 spiro atoms. The fraction of sp³-hybridized carbons (Fsp3) is 0.409. The summed E-state index contributed by atoms with van der Waals surface area (Å²) in [6.45, 7) is 2.83. The topological polar surface area (TPSA) is 65.5 Å². The van der Waals surface area contributed by atoms with Crippen molar-refractivity contribution in [2.75, 3.05) is 37.8 Å². The van der Waals surface area contributed by atoms with E-state index >= 15 is 0 Å². The lowest BCUT2D eigenvalue weighted by Gasteiger charge is -2.39. The highest BCUT2D eigenvalue weighted by molar-refractivity contribution is 9.10. The summed E-state index contributed by atoms with van der Waals surface area (Å²) in [7, 11) is 0. The van der Waals surface area contributed by atoms with Gasteiger partial charge in [0.2, 0.25) is 0 Å². The number of urea groups is 1. The number of hydrogen-bond donors (Lipinski definition) is 1. The number of likely N-dealkylation sites (tertiary alicyclic amines) is 2. The van der Waals surface area contributed by atoms with Crippen molar-refractivity contribution in [1.82, 2.24) is 14.8 Å². The van der Waals surface area contributed by atoms with Crippen molar-refractivity contribution in [2.24, 2.45) is 5.41 Å². The minimum atomic E-state index is -0.125. The van der Waals surface area contributed by atoms with Crippen LogP contribution >= 0.6 is 39.3 Å². The SMILES string of the molecule is CSc1ncccc1C(=O)N1CCC2(CCN(C(=O)Nc3ccc(Br)cc3Cl)C2)CC1. The Balaban J connectivity index is 1.35. The molecule has 0 atom stereocenters. The molecule has 6 nitrogen and oxygen atoms in total. The second-order valence-electron chi connectivity index (χ2n) is 8.08. The number of nitrogens with one attached hydrogen (secondary N) is 1. The van der Waals surface area contributed by atoms with E-state index in [1.54, 1.807) is 18.3 Å². The van der Waals surface area contributed by atoms with Crippen molar-refractivity contribution in [2.45, 2.75) is 24.3 Å². The first-order valence-electron chi connectivity index (χ1n) is 10.2. The zero-order chi connectivity index (χ0) is 22.0. The fourth-order valence-electron chi connectivity index (χ4n) is 4.37. The largest absolute Gasteiger partial charge is 0.339 e. The number of nitrogens with zero attached hydrogens (tertiary/aromatic N) is 3. The van der Waals surface area contributed by atoms with Crippen LogP contribution in [0.3, 0.4) is 0 Å². The predicted molar refractivity (Wildman–Crippen MR) is 128 cm³/mol. The van der Waals surface area contributed by atoms with Gasteiger partial charge in [0.25, 0.3) is 5.91 Å². The molecule has 0 aliphatic carbocycles. The molecule has 2 fully saturated rings. The van der Waals surface area contributed by atoms with Gasteiger partial charge in [-0.05, 0) is 61.3 Å². The summed E-state index contributed by atoms with van der Waals surface area (Å²) in [4.78, 5) is 33.9. The summed E-state index contributed by atoms with van der Waals surface area (Å²) < 4.78 is 0.868. The summed E-state index contributed by atoms with van der Waals surface area (Å²) in [6, 6.07) is 8.94. The number of aromatic nitrogens is 1. The second-order valence-corrected chi connectivity index (χ2v) is 10.2. The number of hydrogen-bond acceptors (Lipinski definition) is 4. The smallest absolute Gasteiger partial charge is 0.321 e. The van der Waals surface area contributed by atoms with Crippen LogP contribution in [0.2, 0.25) is 5.02 Å². The van der Waals surface area contributed by atoms with E-state index in [-0.39, 0.29) is 17.4 Å². The highest BCUT2D eigenvalue weighted by Gasteiger charge is 2.43. The number of thioether (sulfide) groups is 1. The van der Waals surface area contributed by atoms with E-state index < -0.39 is 0 Å². The molecule has 2 aromatic rings. The molecule has 0 unspecified atom stereocenters. The maximum Gasteiger partial charge on any atom is 0.321 e. The van der Waals surface area contributed by atoms with E-state index in [2.05, 4.69) is 26.2 Å². The van der Waals surface area contributed by atoms with Crippen LogP contribution in [-0.4, -0.2) is 59.2 Å². The van der Waals surface area contributed by atoms with Crippen LogP contribution in [0.5, 0.6) is 0 Å². The number of carbonyl (C=O) groups is 2. The molecule has 1 aromatic carbocycles. The van der Waals surface area contributed by atoms with Crippen LogP contribution in [0, 0.1) is 5.41 Å². The number of pyridine rings is 1. The first-order chi connectivity index (χ1) is 14.9. The average molecular weight is 524 g/mol. The van der Waals surface area contributed by atoms with Crippen LogP contribution in [0.25, 0.3) is 0 Å². The Hall–Kier alpha value is -1.77. The van der Waals surface area contributed by atoms with Gasteiger partial charge < -0.3 is 15.1 Å². The van der Waals surface area contributed by atoms with Gasteiger partial charge in [-0.3, -0.25) is 4.79 Å². The minimum absolute atomic E-state index is 0.0461. The molecular formula is C22H24BrClN4O2S. The van der Waals surface area contributed by atoms with Gasteiger partial charge in [-0.1, -0.05) is 27.5 Å². The van der Waals surface area contributed by atoms with Crippen LogP contribution in [0.15, 0.2) is 46.0 Å². The molecule has 2 aliphatic rings. The molecule has 31 heavy (non-hydrogen) atoms. The molecule has 1 N–H and O–H groups in total. The highest BCUT2D eigenvalue weighted by Crippen LogP contribution is 2.41. The zero-order valence-electron chi connectivity index (χ0n) is 17.2. The normalized spacial score (nSPS) is 17.8. The Morgan fingerprint density at radius 1 is 1.16 bits per heavy atom. The number of benzene rings is 1. The summed E-state index contributed by atoms with van der Waals surface area (Å²) >= 11 is 11.1. The molecule has 3 heterocycles. The van der Waals surface area contributed by atoms with Crippen LogP contribution in [0.1, 0.15) is 29.6 Å². The van der Waals surface area contributed by atoms with Gasteiger partial charge in [-0.25, -0.2) is 9.78 Å².